The molecule has 2 aliphatic heterocycles. The third-order valence-electron chi connectivity index (χ3n) is 4.74. The third-order valence-corrected chi connectivity index (χ3v) is 4.74. The number of piperidine rings is 1. The van der Waals surface area contributed by atoms with Crippen LogP contribution < -0.4 is 5.73 Å². The molecule has 2 rings (SSSR count). The molecule has 2 aliphatic rings. The Hall–Kier alpha value is -0.650. The largest absolute Gasteiger partial charge is 0.339 e. The molecule has 2 fully saturated rings. The van der Waals surface area contributed by atoms with Gasteiger partial charge in [0.25, 0.3) is 0 Å². The van der Waals surface area contributed by atoms with E-state index in [2.05, 4.69) is 23.6 Å². The first-order valence-electron chi connectivity index (χ1n) is 8.52. The van der Waals surface area contributed by atoms with Gasteiger partial charge in [-0.1, -0.05) is 13.8 Å². The van der Waals surface area contributed by atoms with Crippen LogP contribution in [0.4, 0.5) is 0 Å². The van der Waals surface area contributed by atoms with Crippen molar-refractivity contribution in [3.63, 3.8) is 0 Å². The van der Waals surface area contributed by atoms with Crippen molar-refractivity contribution in [2.24, 2.45) is 11.7 Å². The summed E-state index contributed by atoms with van der Waals surface area (Å²) in [6, 6.07) is 0.334. The van der Waals surface area contributed by atoms with E-state index >= 15 is 0 Å². The average Bonchev–Trinajstić information content (AvgIpc) is 2.48. The minimum absolute atomic E-state index is 0.300. The lowest BCUT2D eigenvalue weighted by molar-refractivity contribution is -0.134. The number of piperazine rings is 1. The van der Waals surface area contributed by atoms with Crippen molar-refractivity contribution in [1.29, 1.82) is 0 Å². The molecule has 0 radical (unpaired) electrons. The number of rotatable bonds is 5. The first-order valence-corrected chi connectivity index (χ1v) is 8.52. The minimum Gasteiger partial charge on any atom is -0.339 e. The quantitative estimate of drug-likeness (QED) is 0.807. The monoisotopic (exact) mass is 296 g/mol. The standard InChI is InChI=1S/C16H32N4O/c1-14(2)3-6-18-9-11-20(12-10-18)16(21)13-19-7-4-15(17)5-8-19/h14-15H,3-13,17H2,1-2H3. The summed E-state index contributed by atoms with van der Waals surface area (Å²) in [7, 11) is 0. The molecule has 5 nitrogen and oxygen atoms in total. The van der Waals surface area contributed by atoms with Gasteiger partial charge in [-0.15, -0.1) is 0 Å². The fourth-order valence-corrected chi connectivity index (χ4v) is 3.06. The molecule has 0 unspecified atom stereocenters. The fraction of sp³-hybridized carbons (Fsp3) is 0.938. The SMILES string of the molecule is CC(C)CCN1CCN(C(=O)CN2CCC(N)CC2)CC1. The molecule has 0 saturated carbocycles. The van der Waals surface area contributed by atoms with Crippen molar-refractivity contribution >= 4 is 5.91 Å². The van der Waals surface area contributed by atoms with Gasteiger partial charge in [0.05, 0.1) is 6.54 Å². The molecule has 0 atom stereocenters. The molecular formula is C16H32N4O. The van der Waals surface area contributed by atoms with E-state index in [4.69, 9.17) is 5.73 Å². The number of carbonyl (C=O) groups is 1. The zero-order chi connectivity index (χ0) is 15.2. The maximum absolute atomic E-state index is 12.4. The second kappa shape index (κ2) is 8.11. The van der Waals surface area contributed by atoms with Crippen LogP contribution in [0, 0.1) is 5.92 Å². The van der Waals surface area contributed by atoms with Crippen molar-refractivity contribution in [3.05, 3.63) is 0 Å². The number of likely N-dealkylation sites (tertiary alicyclic amines) is 1. The Kier molecular flexibility index (Phi) is 6.45. The van der Waals surface area contributed by atoms with E-state index in [0.717, 1.165) is 58.0 Å². The number of amides is 1. The van der Waals surface area contributed by atoms with Crippen LogP contribution in [0.3, 0.4) is 0 Å². The third kappa shape index (κ3) is 5.57. The zero-order valence-corrected chi connectivity index (χ0v) is 13.8. The summed E-state index contributed by atoms with van der Waals surface area (Å²) in [4.78, 5) is 19.1. The highest BCUT2D eigenvalue weighted by molar-refractivity contribution is 5.78. The van der Waals surface area contributed by atoms with Crippen molar-refractivity contribution in [2.75, 3.05) is 52.4 Å². The summed E-state index contributed by atoms with van der Waals surface area (Å²) < 4.78 is 0. The van der Waals surface area contributed by atoms with E-state index in [0.29, 0.717) is 18.5 Å². The molecule has 2 saturated heterocycles. The lowest BCUT2D eigenvalue weighted by Gasteiger charge is -2.37. The van der Waals surface area contributed by atoms with E-state index in [9.17, 15) is 4.79 Å². The lowest BCUT2D eigenvalue weighted by atomic mass is 10.1. The van der Waals surface area contributed by atoms with E-state index in [1.807, 2.05) is 4.90 Å². The first-order chi connectivity index (χ1) is 10.0. The molecule has 21 heavy (non-hydrogen) atoms. The maximum Gasteiger partial charge on any atom is 0.236 e. The molecule has 1 amide bonds. The van der Waals surface area contributed by atoms with Gasteiger partial charge in [-0.3, -0.25) is 14.6 Å². The predicted octanol–water partition coefficient (Wildman–Crippen LogP) is 0.600. The van der Waals surface area contributed by atoms with E-state index < -0.39 is 0 Å². The summed E-state index contributed by atoms with van der Waals surface area (Å²) in [5.74, 6) is 1.06. The highest BCUT2D eigenvalue weighted by atomic mass is 16.2. The molecule has 0 aromatic heterocycles. The van der Waals surface area contributed by atoms with Crippen LogP contribution >= 0.6 is 0 Å². The highest BCUT2D eigenvalue weighted by Gasteiger charge is 2.24. The van der Waals surface area contributed by atoms with Crippen LogP contribution in [0.1, 0.15) is 33.1 Å². The second-order valence-corrected chi connectivity index (χ2v) is 7.02. The molecule has 0 spiro atoms. The number of nitrogens with two attached hydrogens (primary N) is 1. The summed E-state index contributed by atoms with van der Waals surface area (Å²) >= 11 is 0. The molecule has 0 aromatic rings. The van der Waals surface area contributed by atoms with E-state index in [1.165, 1.54) is 13.0 Å². The summed E-state index contributed by atoms with van der Waals surface area (Å²) in [6.45, 7) is 12.1. The van der Waals surface area contributed by atoms with Crippen LogP contribution in [0.15, 0.2) is 0 Å². The second-order valence-electron chi connectivity index (χ2n) is 7.02. The van der Waals surface area contributed by atoms with Gasteiger partial charge in [0.1, 0.15) is 0 Å². The Morgan fingerprint density at radius 1 is 1.05 bits per heavy atom. The molecule has 0 bridgehead atoms. The van der Waals surface area contributed by atoms with Crippen molar-refractivity contribution in [1.82, 2.24) is 14.7 Å². The Morgan fingerprint density at radius 3 is 2.24 bits per heavy atom. The van der Waals surface area contributed by atoms with E-state index in [-0.39, 0.29) is 0 Å². The van der Waals surface area contributed by atoms with Crippen LogP contribution in [-0.4, -0.2) is 79.0 Å². The van der Waals surface area contributed by atoms with Crippen LogP contribution in [0.2, 0.25) is 0 Å². The first kappa shape index (κ1) is 16.7. The number of nitrogens with zero attached hydrogens (tertiary/aromatic N) is 3. The van der Waals surface area contributed by atoms with Crippen LogP contribution in [0.5, 0.6) is 0 Å². The Bertz CT molecular complexity index is 318. The Labute approximate surface area is 129 Å². The Morgan fingerprint density at radius 2 is 1.67 bits per heavy atom. The van der Waals surface area contributed by atoms with Gasteiger partial charge >= 0.3 is 0 Å². The summed E-state index contributed by atoms with van der Waals surface area (Å²) in [5.41, 5.74) is 5.91. The average molecular weight is 296 g/mol. The minimum atomic E-state index is 0.300. The predicted molar refractivity (Wildman–Crippen MR) is 86.1 cm³/mol. The van der Waals surface area contributed by atoms with Gasteiger partial charge in [-0.25, -0.2) is 0 Å². The van der Waals surface area contributed by atoms with Crippen molar-refractivity contribution in [2.45, 2.75) is 39.2 Å². The smallest absolute Gasteiger partial charge is 0.236 e. The molecule has 2 heterocycles. The van der Waals surface area contributed by atoms with Gasteiger partial charge in [0, 0.05) is 45.3 Å². The summed E-state index contributed by atoms with van der Waals surface area (Å²) in [6.07, 6.45) is 3.30. The van der Waals surface area contributed by atoms with Crippen molar-refractivity contribution in [3.8, 4) is 0 Å². The van der Waals surface area contributed by atoms with Crippen LogP contribution in [-0.2, 0) is 4.79 Å². The maximum atomic E-state index is 12.4. The molecule has 0 aromatic carbocycles. The normalized spacial score (nSPS) is 23.0. The van der Waals surface area contributed by atoms with Crippen molar-refractivity contribution < 1.29 is 4.79 Å². The molecule has 122 valence electrons. The van der Waals surface area contributed by atoms with E-state index in [1.54, 1.807) is 0 Å². The topological polar surface area (TPSA) is 52.8 Å². The highest BCUT2D eigenvalue weighted by Crippen LogP contribution is 2.10. The number of carbonyl (C=O) groups excluding carboxylic acids is 1. The number of hydrogen-bond donors (Lipinski definition) is 1. The van der Waals surface area contributed by atoms with Crippen LogP contribution in [0.25, 0.3) is 0 Å². The lowest BCUT2D eigenvalue weighted by Crippen LogP contribution is -2.52. The van der Waals surface area contributed by atoms with Gasteiger partial charge in [0.15, 0.2) is 0 Å². The fourth-order valence-electron chi connectivity index (χ4n) is 3.06. The van der Waals surface area contributed by atoms with Gasteiger partial charge in [0.2, 0.25) is 5.91 Å². The summed E-state index contributed by atoms with van der Waals surface area (Å²) in [5, 5.41) is 0. The van der Waals surface area contributed by atoms with Gasteiger partial charge in [-0.2, -0.15) is 0 Å². The van der Waals surface area contributed by atoms with Gasteiger partial charge < -0.3 is 10.6 Å². The number of hydrogen-bond acceptors (Lipinski definition) is 4. The van der Waals surface area contributed by atoms with Gasteiger partial charge in [-0.05, 0) is 31.7 Å². The molecule has 5 heteroatoms. The Balaban J connectivity index is 1.66. The molecular weight excluding hydrogens is 264 g/mol. The molecule has 0 aliphatic carbocycles. The zero-order valence-electron chi connectivity index (χ0n) is 13.8. The molecule has 2 N–H and O–H groups in total.